The average Bonchev–Trinajstić information content (AvgIpc) is 2.17. The largest absolute Gasteiger partial charge is 0.265 e. The zero-order valence-corrected chi connectivity index (χ0v) is 7.52. The van der Waals surface area contributed by atoms with E-state index < -0.39 is 23.5 Å². The maximum absolute atomic E-state index is 12.8. The topological polar surface area (TPSA) is 36.7 Å². The lowest BCUT2D eigenvalue weighted by Gasteiger charge is -2.07. The highest BCUT2D eigenvalue weighted by Crippen LogP contribution is 2.28. The number of nitrogens with zero attached hydrogens (tertiary/aromatic N) is 2. The minimum absolute atomic E-state index is 0.0281. The van der Waals surface area contributed by atoms with E-state index in [1.54, 1.807) is 0 Å². The van der Waals surface area contributed by atoms with Gasteiger partial charge >= 0.3 is 0 Å². The van der Waals surface area contributed by atoms with E-state index in [0.29, 0.717) is 0 Å². The Balaban J connectivity index is 3.46. The summed E-state index contributed by atoms with van der Waals surface area (Å²) in [5.41, 5.74) is -1.44. The first-order valence-electron chi connectivity index (χ1n) is 3.53. The third-order valence-corrected chi connectivity index (χ3v) is 1.92. The predicted octanol–water partition coefficient (Wildman–Crippen LogP) is 2.77. The number of pyridine rings is 1. The highest BCUT2D eigenvalue weighted by atomic mass is 35.5. The number of halogens is 4. The summed E-state index contributed by atoms with van der Waals surface area (Å²) in [6.07, 6.45) is -2.03. The van der Waals surface area contributed by atoms with Gasteiger partial charge in [-0.15, -0.1) is 11.6 Å². The molecular formula is C8H4ClF3N2. The van der Waals surface area contributed by atoms with Gasteiger partial charge in [0.1, 0.15) is 11.6 Å². The minimum atomic E-state index is -2.93. The number of rotatable bonds is 2. The van der Waals surface area contributed by atoms with Crippen LogP contribution in [-0.2, 0) is 5.88 Å². The van der Waals surface area contributed by atoms with Crippen LogP contribution in [0.4, 0.5) is 13.2 Å². The van der Waals surface area contributed by atoms with Gasteiger partial charge in [-0.1, -0.05) is 0 Å². The van der Waals surface area contributed by atoms with Gasteiger partial charge in [0, 0.05) is 17.6 Å². The number of nitriles is 1. The molecule has 0 saturated carbocycles. The zero-order valence-electron chi connectivity index (χ0n) is 6.77. The summed E-state index contributed by atoms with van der Waals surface area (Å²) in [4.78, 5) is 3.16. The van der Waals surface area contributed by atoms with Crippen LogP contribution in [0.25, 0.3) is 0 Å². The Morgan fingerprint density at radius 2 is 2.21 bits per heavy atom. The lowest BCUT2D eigenvalue weighted by atomic mass is 10.1. The van der Waals surface area contributed by atoms with Crippen LogP contribution < -0.4 is 0 Å². The van der Waals surface area contributed by atoms with Crippen molar-refractivity contribution in [2.75, 3.05) is 0 Å². The first-order valence-corrected chi connectivity index (χ1v) is 4.06. The molecule has 1 aromatic rings. The van der Waals surface area contributed by atoms with Crippen molar-refractivity contribution >= 4 is 11.6 Å². The van der Waals surface area contributed by atoms with E-state index in [1.165, 1.54) is 6.07 Å². The molecule has 0 fully saturated rings. The van der Waals surface area contributed by atoms with Crippen LogP contribution in [-0.4, -0.2) is 4.98 Å². The lowest BCUT2D eigenvalue weighted by Crippen LogP contribution is -2.02. The van der Waals surface area contributed by atoms with Crippen LogP contribution in [0.15, 0.2) is 6.20 Å². The fourth-order valence-electron chi connectivity index (χ4n) is 1.00. The molecule has 0 atom stereocenters. The molecule has 1 heterocycles. The molecule has 0 radical (unpaired) electrons. The van der Waals surface area contributed by atoms with E-state index in [9.17, 15) is 13.2 Å². The van der Waals surface area contributed by atoms with Crippen molar-refractivity contribution in [3.8, 4) is 6.07 Å². The monoisotopic (exact) mass is 220 g/mol. The second-order valence-corrected chi connectivity index (χ2v) is 2.68. The summed E-state index contributed by atoms with van der Waals surface area (Å²) in [7, 11) is 0. The Morgan fingerprint density at radius 1 is 1.57 bits per heavy atom. The van der Waals surface area contributed by atoms with Crippen molar-refractivity contribution in [1.29, 1.82) is 5.26 Å². The first kappa shape index (κ1) is 10.8. The highest BCUT2D eigenvalue weighted by molar-refractivity contribution is 6.17. The highest BCUT2D eigenvalue weighted by Gasteiger charge is 2.21. The lowest BCUT2D eigenvalue weighted by molar-refractivity contribution is 0.149. The standard InChI is InChI=1S/C8H4ClF3N2/c9-1-4-3-14-8(12)5(2-13)6(4)7(10)11/h3,7H,1H2. The van der Waals surface area contributed by atoms with Crippen molar-refractivity contribution in [3.63, 3.8) is 0 Å². The number of hydrogen-bond donors (Lipinski definition) is 0. The van der Waals surface area contributed by atoms with Gasteiger partial charge in [-0.2, -0.15) is 9.65 Å². The zero-order chi connectivity index (χ0) is 10.7. The molecule has 0 aliphatic heterocycles. The summed E-state index contributed by atoms with van der Waals surface area (Å²) >= 11 is 5.35. The molecule has 0 amide bonds. The summed E-state index contributed by atoms with van der Waals surface area (Å²) in [5.74, 6) is -1.43. The maximum Gasteiger partial charge on any atom is 0.265 e. The summed E-state index contributed by atoms with van der Waals surface area (Å²) in [6, 6.07) is 1.34. The molecule has 0 aliphatic rings. The number of hydrogen-bond acceptors (Lipinski definition) is 2. The van der Waals surface area contributed by atoms with E-state index >= 15 is 0 Å². The van der Waals surface area contributed by atoms with Crippen molar-refractivity contribution < 1.29 is 13.2 Å². The molecule has 0 aliphatic carbocycles. The SMILES string of the molecule is N#Cc1c(F)ncc(CCl)c1C(F)F. The van der Waals surface area contributed by atoms with Gasteiger partial charge in [0.05, 0.1) is 0 Å². The minimum Gasteiger partial charge on any atom is -0.227 e. The molecule has 14 heavy (non-hydrogen) atoms. The van der Waals surface area contributed by atoms with Crippen molar-refractivity contribution in [2.45, 2.75) is 12.3 Å². The van der Waals surface area contributed by atoms with Crippen LogP contribution in [0, 0.1) is 17.3 Å². The van der Waals surface area contributed by atoms with Crippen molar-refractivity contribution in [3.05, 3.63) is 28.8 Å². The van der Waals surface area contributed by atoms with E-state index in [2.05, 4.69) is 4.98 Å². The van der Waals surface area contributed by atoms with Gasteiger partial charge in [-0.3, -0.25) is 0 Å². The molecule has 0 N–H and O–H groups in total. The summed E-state index contributed by atoms with van der Waals surface area (Å²) < 4.78 is 37.7. The fourth-order valence-corrected chi connectivity index (χ4v) is 1.22. The molecule has 1 rings (SSSR count). The number of alkyl halides is 3. The van der Waals surface area contributed by atoms with Crippen LogP contribution in [0.3, 0.4) is 0 Å². The smallest absolute Gasteiger partial charge is 0.227 e. The molecule has 0 aromatic carbocycles. The van der Waals surface area contributed by atoms with E-state index in [4.69, 9.17) is 16.9 Å². The molecule has 0 saturated heterocycles. The van der Waals surface area contributed by atoms with E-state index in [0.717, 1.165) is 6.20 Å². The van der Waals surface area contributed by atoms with Crippen LogP contribution in [0.2, 0.25) is 0 Å². The number of aromatic nitrogens is 1. The van der Waals surface area contributed by atoms with E-state index in [-0.39, 0.29) is 11.4 Å². The normalized spacial score (nSPS) is 10.3. The predicted molar refractivity (Wildman–Crippen MR) is 43.4 cm³/mol. The van der Waals surface area contributed by atoms with Crippen LogP contribution in [0.1, 0.15) is 23.1 Å². The van der Waals surface area contributed by atoms with Crippen LogP contribution >= 0.6 is 11.6 Å². The Kier molecular flexibility index (Phi) is 3.31. The van der Waals surface area contributed by atoms with E-state index in [1.807, 2.05) is 0 Å². The van der Waals surface area contributed by atoms with Gasteiger partial charge < -0.3 is 0 Å². The van der Waals surface area contributed by atoms with Gasteiger partial charge in [0.2, 0.25) is 5.95 Å². The molecule has 2 nitrogen and oxygen atoms in total. The Hall–Kier alpha value is -1.28. The fraction of sp³-hybridized carbons (Fsp3) is 0.250. The maximum atomic E-state index is 12.8. The molecular weight excluding hydrogens is 217 g/mol. The Morgan fingerprint density at radius 3 is 2.64 bits per heavy atom. The second-order valence-electron chi connectivity index (χ2n) is 2.41. The molecule has 1 aromatic heterocycles. The molecule has 6 heteroatoms. The van der Waals surface area contributed by atoms with Crippen LogP contribution in [0.5, 0.6) is 0 Å². The molecule has 0 spiro atoms. The van der Waals surface area contributed by atoms with Gasteiger partial charge in [0.15, 0.2) is 0 Å². The summed E-state index contributed by atoms with van der Waals surface area (Å²) in [5, 5.41) is 8.46. The Bertz CT molecular complexity index is 387. The third-order valence-electron chi connectivity index (χ3n) is 1.63. The van der Waals surface area contributed by atoms with Gasteiger partial charge in [-0.05, 0) is 5.56 Å². The van der Waals surface area contributed by atoms with Crippen molar-refractivity contribution in [1.82, 2.24) is 4.98 Å². The first-order chi connectivity index (χ1) is 6.61. The average molecular weight is 221 g/mol. The molecule has 0 unspecified atom stereocenters. The molecule has 0 bridgehead atoms. The quantitative estimate of drug-likeness (QED) is 0.568. The van der Waals surface area contributed by atoms with Gasteiger partial charge in [-0.25, -0.2) is 13.8 Å². The third kappa shape index (κ3) is 1.80. The second kappa shape index (κ2) is 4.29. The Labute approximate surface area is 82.9 Å². The van der Waals surface area contributed by atoms with Crippen molar-refractivity contribution in [2.24, 2.45) is 0 Å². The molecule has 74 valence electrons. The van der Waals surface area contributed by atoms with Gasteiger partial charge in [0.25, 0.3) is 6.43 Å². The summed E-state index contributed by atoms with van der Waals surface area (Å²) in [6.45, 7) is 0.